The Morgan fingerprint density at radius 3 is 2.65 bits per heavy atom. The molecule has 2 rings (SSSR count). The summed E-state index contributed by atoms with van der Waals surface area (Å²) >= 11 is 9.15. The normalized spacial score (nSPS) is 10.4. The predicted molar refractivity (Wildman–Crippen MR) is 77.4 cm³/mol. The summed E-state index contributed by atoms with van der Waals surface area (Å²) in [6, 6.07) is 4.31. The van der Waals surface area contributed by atoms with Gasteiger partial charge >= 0.3 is 0 Å². The van der Waals surface area contributed by atoms with E-state index in [1.165, 1.54) is 12.1 Å². The van der Waals surface area contributed by atoms with Gasteiger partial charge in [-0.25, -0.2) is 4.98 Å². The summed E-state index contributed by atoms with van der Waals surface area (Å²) in [5.41, 5.74) is 0.490. The summed E-state index contributed by atoms with van der Waals surface area (Å²) in [5.74, 6) is 1.03. The van der Waals surface area contributed by atoms with E-state index in [0.717, 1.165) is 0 Å². The van der Waals surface area contributed by atoms with E-state index >= 15 is 0 Å². The summed E-state index contributed by atoms with van der Waals surface area (Å²) in [6.07, 6.45) is 0. The average molecular weight is 359 g/mol. The van der Waals surface area contributed by atoms with Gasteiger partial charge in [-0.3, -0.25) is 10.1 Å². The fraction of sp³-hybridized carbons (Fsp3) is 0.167. The van der Waals surface area contributed by atoms with E-state index in [9.17, 15) is 10.1 Å². The SMILES string of the molecule is Cc1nc(Cl)c(C)c(Oc2cc(Br)cc([N+](=O)[O-])c2)n1. The third kappa shape index (κ3) is 3.23. The van der Waals surface area contributed by atoms with E-state index < -0.39 is 4.92 Å². The molecule has 0 aliphatic carbocycles. The van der Waals surface area contributed by atoms with Crippen molar-refractivity contribution < 1.29 is 9.66 Å². The second-order valence-corrected chi connectivity index (χ2v) is 5.27. The lowest BCUT2D eigenvalue weighted by Crippen LogP contribution is -1.98. The van der Waals surface area contributed by atoms with Crippen molar-refractivity contribution >= 4 is 33.2 Å². The second kappa shape index (κ2) is 5.72. The molecule has 0 saturated carbocycles. The topological polar surface area (TPSA) is 78.2 Å². The van der Waals surface area contributed by atoms with Crippen molar-refractivity contribution in [3.05, 3.63) is 49.3 Å². The maximum Gasteiger partial charge on any atom is 0.274 e. The zero-order valence-corrected chi connectivity index (χ0v) is 12.9. The van der Waals surface area contributed by atoms with Crippen LogP contribution < -0.4 is 4.74 Å². The number of nitro groups is 1. The summed E-state index contributed by atoms with van der Waals surface area (Å²) in [5, 5.41) is 11.1. The van der Waals surface area contributed by atoms with Gasteiger partial charge in [0.05, 0.1) is 11.0 Å². The van der Waals surface area contributed by atoms with Gasteiger partial charge in [0.1, 0.15) is 16.7 Å². The standard InChI is InChI=1S/C12H9BrClN3O3/c1-6-11(14)15-7(2)16-12(6)20-10-4-8(13)3-9(5-10)17(18)19/h3-5H,1-2H3. The van der Waals surface area contributed by atoms with E-state index in [4.69, 9.17) is 16.3 Å². The Balaban J connectivity index is 2.42. The molecule has 0 unspecified atom stereocenters. The minimum atomic E-state index is -0.497. The summed E-state index contributed by atoms with van der Waals surface area (Å²) < 4.78 is 6.11. The zero-order valence-electron chi connectivity index (χ0n) is 10.6. The van der Waals surface area contributed by atoms with Crippen LogP contribution in [-0.2, 0) is 0 Å². The maximum absolute atomic E-state index is 10.8. The molecule has 0 fully saturated rings. The molecule has 20 heavy (non-hydrogen) atoms. The Morgan fingerprint density at radius 2 is 2.00 bits per heavy atom. The summed E-state index contributed by atoms with van der Waals surface area (Å²) in [7, 11) is 0. The van der Waals surface area contributed by atoms with Crippen LogP contribution in [0.25, 0.3) is 0 Å². The van der Waals surface area contributed by atoms with Crippen molar-refractivity contribution in [2.45, 2.75) is 13.8 Å². The maximum atomic E-state index is 10.8. The molecule has 1 aromatic carbocycles. The van der Waals surface area contributed by atoms with Crippen LogP contribution in [-0.4, -0.2) is 14.9 Å². The smallest absolute Gasteiger partial charge is 0.274 e. The Kier molecular flexibility index (Phi) is 4.20. The van der Waals surface area contributed by atoms with Crippen LogP contribution in [0.4, 0.5) is 5.69 Å². The van der Waals surface area contributed by atoms with Gasteiger partial charge in [-0.2, -0.15) is 4.98 Å². The third-order valence-electron chi connectivity index (χ3n) is 2.43. The molecule has 0 saturated heterocycles. The van der Waals surface area contributed by atoms with Crippen LogP contribution in [0.5, 0.6) is 11.6 Å². The molecular formula is C12H9BrClN3O3. The zero-order chi connectivity index (χ0) is 14.9. The van der Waals surface area contributed by atoms with Crippen molar-refractivity contribution in [1.82, 2.24) is 9.97 Å². The molecule has 8 heteroatoms. The minimum Gasteiger partial charge on any atom is -0.438 e. The number of nitrogens with zero attached hydrogens (tertiary/aromatic N) is 3. The van der Waals surface area contributed by atoms with Gasteiger partial charge in [-0.05, 0) is 19.9 Å². The van der Waals surface area contributed by atoms with E-state index in [0.29, 0.717) is 21.6 Å². The van der Waals surface area contributed by atoms with E-state index in [-0.39, 0.29) is 16.7 Å². The van der Waals surface area contributed by atoms with Crippen LogP contribution >= 0.6 is 27.5 Å². The number of ether oxygens (including phenoxy) is 1. The van der Waals surface area contributed by atoms with Crippen molar-refractivity contribution in [2.24, 2.45) is 0 Å². The van der Waals surface area contributed by atoms with E-state index in [1.807, 2.05) is 0 Å². The van der Waals surface area contributed by atoms with Crippen LogP contribution in [0.15, 0.2) is 22.7 Å². The lowest BCUT2D eigenvalue weighted by molar-refractivity contribution is -0.385. The molecule has 104 valence electrons. The van der Waals surface area contributed by atoms with Gasteiger partial charge in [0.2, 0.25) is 5.88 Å². The van der Waals surface area contributed by atoms with Gasteiger partial charge in [0.15, 0.2) is 0 Å². The fourth-order valence-corrected chi connectivity index (χ4v) is 2.16. The molecule has 0 amide bonds. The van der Waals surface area contributed by atoms with Crippen LogP contribution in [0, 0.1) is 24.0 Å². The molecule has 6 nitrogen and oxygen atoms in total. The average Bonchev–Trinajstić information content (AvgIpc) is 2.34. The molecule has 2 aromatic rings. The monoisotopic (exact) mass is 357 g/mol. The number of hydrogen-bond acceptors (Lipinski definition) is 5. The quantitative estimate of drug-likeness (QED) is 0.466. The molecular weight excluding hydrogens is 350 g/mol. The van der Waals surface area contributed by atoms with E-state index in [1.54, 1.807) is 19.9 Å². The molecule has 0 N–H and O–H groups in total. The first-order valence-corrected chi connectivity index (χ1v) is 6.67. The van der Waals surface area contributed by atoms with Crippen molar-refractivity contribution in [2.75, 3.05) is 0 Å². The summed E-state index contributed by atoms with van der Waals surface area (Å²) in [6.45, 7) is 3.39. The lowest BCUT2D eigenvalue weighted by Gasteiger charge is -2.09. The molecule has 0 aliphatic rings. The fourth-order valence-electron chi connectivity index (χ4n) is 1.49. The Labute approximate surface area is 128 Å². The highest BCUT2D eigenvalue weighted by Gasteiger charge is 2.13. The van der Waals surface area contributed by atoms with Crippen molar-refractivity contribution in [1.29, 1.82) is 0 Å². The number of aromatic nitrogens is 2. The van der Waals surface area contributed by atoms with Gasteiger partial charge < -0.3 is 4.74 Å². The minimum absolute atomic E-state index is 0.0797. The van der Waals surface area contributed by atoms with Crippen LogP contribution in [0.2, 0.25) is 5.15 Å². The second-order valence-electron chi connectivity index (χ2n) is 4.00. The highest BCUT2D eigenvalue weighted by Crippen LogP contribution is 2.31. The van der Waals surface area contributed by atoms with Gasteiger partial charge in [-0.1, -0.05) is 27.5 Å². The van der Waals surface area contributed by atoms with E-state index in [2.05, 4.69) is 25.9 Å². The number of rotatable bonds is 3. The molecule has 0 spiro atoms. The van der Waals surface area contributed by atoms with Gasteiger partial charge in [-0.15, -0.1) is 0 Å². The van der Waals surface area contributed by atoms with Crippen molar-refractivity contribution in [3.8, 4) is 11.6 Å². The molecule has 1 aromatic heterocycles. The first-order valence-electron chi connectivity index (χ1n) is 5.50. The highest BCUT2D eigenvalue weighted by atomic mass is 79.9. The number of aryl methyl sites for hydroxylation is 1. The number of non-ortho nitro benzene ring substituents is 1. The molecule has 0 atom stereocenters. The van der Waals surface area contributed by atoms with Crippen LogP contribution in [0.1, 0.15) is 11.4 Å². The number of halogens is 2. The molecule has 0 aliphatic heterocycles. The largest absolute Gasteiger partial charge is 0.438 e. The first kappa shape index (κ1) is 14.7. The molecule has 1 heterocycles. The van der Waals surface area contributed by atoms with Gasteiger partial charge in [0.25, 0.3) is 5.69 Å². The lowest BCUT2D eigenvalue weighted by atomic mass is 10.3. The van der Waals surface area contributed by atoms with Crippen molar-refractivity contribution in [3.63, 3.8) is 0 Å². The molecule has 0 radical (unpaired) electrons. The first-order chi connectivity index (χ1) is 9.36. The number of benzene rings is 1. The van der Waals surface area contributed by atoms with Gasteiger partial charge in [0, 0.05) is 16.1 Å². The Morgan fingerprint density at radius 1 is 1.30 bits per heavy atom. The van der Waals surface area contributed by atoms with Crippen LogP contribution in [0.3, 0.4) is 0 Å². The summed E-state index contributed by atoms with van der Waals surface area (Å²) in [4.78, 5) is 18.4. The molecule has 0 bridgehead atoms. The predicted octanol–water partition coefficient (Wildman–Crippen LogP) is 4.21. The third-order valence-corrected chi connectivity index (χ3v) is 3.26. The Bertz CT molecular complexity index is 694. The Hall–Kier alpha value is -1.73. The number of hydrogen-bond donors (Lipinski definition) is 0. The number of nitro benzene ring substituents is 1. The highest BCUT2D eigenvalue weighted by molar-refractivity contribution is 9.10.